The van der Waals surface area contributed by atoms with Crippen molar-refractivity contribution in [3.8, 4) is 0 Å². The first-order valence-corrected chi connectivity index (χ1v) is 7.47. The monoisotopic (exact) mass is 398 g/mol. The second kappa shape index (κ2) is 19.5. The van der Waals surface area contributed by atoms with Crippen LogP contribution in [-0.4, -0.2) is 88.8 Å². The summed E-state index contributed by atoms with van der Waals surface area (Å²) in [6.45, 7) is 0. The molecular formula is H2Al3KO12Si3. The topological polar surface area (TPSA) is 271 Å². The Kier molecular flexibility index (Phi) is 44.3. The van der Waals surface area contributed by atoms with E-state index in [0.29, 0.717) is 0 Å². The summed E-state index contributed by atoms with van der Waals surface area (Å²) in [6.07, 6.45) is 0. The van der Waals surface area contributed by atoms with E-state index in [4.69, 9.17) is 57.5 Å². The molecule has 0 rings (SSSR count). The van der Waals surface area contributed by atoms with E-state index < -0.39 is 27.1 Å². The Morgan fingerprint density at radius 2 is 0.474 bits per heavy atom. The molecule has 0 aliphatic carbocycles. The fraction of sp³-hybridized carbons (Fsp3) is 0. The van der Waals surface area contributed by atoms with Gasteiger partial charge in [-0.05, 0) is 0 Å². The minimum absolute atomic E-state index is 0. The molecule has 0 bridgehead atoms. The van der Waals surface area contributed by atoms with Crippen molar-refractivity contribution in [2.75, 3.05) is 0 Å². The summed E-state index contributed by atoms with van der Waals surface area (Å²) in [7, 11) is -16.3. The largest absolute Gasteiger partial charge is 3.00 e. The van der Waals surface area contributed by atoms with Crippen molar-refractivity contribution >= 4 is 79.2 Å². The van der Waals surface area contributed by atoms with Crippen molar-refractivity contribution in [2.24, 2.45) is 0 Å². The van der Waals surface area contributed by atoms with Crippen LogP contribution in [0.3, 0.4) is 0 Å². The van der Waals surface area contributed by atoms with Crippen molar-refractivity contribution in [3.63, 3.8) is 0 Å². The van der Waals surface area contributed by atoms with Gasteiger partial charge in [-0.1, -0.05) is 0 Å². The van der Waals surface area contributed by atoms with Crippen LogP contribution in [0.5, 0.6) is 0 Å². The van der Waals surface area contributed by atoms with Gasteiger partial charge in [0.25, 0.3) is 0 Å². The zero-order valence-corrected chi connectivity index (χ0v) is 18.8. The molecule has 96 valence electrons. The van der Waals surface area contributed by atoms with Crippen LogP contribution in [0.1, 0.15) is 0 Å². The van der Waals surface area contributed by atoms with E-state index in [0.717, 1.165) is 0 Å². The molecule has 19 heteroatoms. The average Bonchev–Trinajstić information content (AvgIpc) is 1.41. The van der Waals surface area contributed by atoms with Crippen LogP contribution in [0.15, 0.2) is 0 Å². The van der Waals surface area contributed by atoms with Gasteiger partial charge in [0.05, 0.1) is 0 Å². The van der Waals surface area contributed by atoms with Crippen LogP contribution < -0.4 is 99.3 Å². The SMILES string of the molecule is [Al+3].[Al+3].[Al+3].[K+].[O-][Si]([O-])([O-])O.[O-][Si]([O-])([O-])O.[O-][Si]([O-])([O-])[O-]. The van der Waals surface area contributed by atoms with Crippen molar-refractivity contribution in [1.29, 1.82) is 0 Å². The van der Waals surface area contributed by atoms with Crippen LogP contribution in [0.4, 0.5) is 0 Å². The molecule has 0 amide bonds. The van der Waals surface area contributed by atoms with Gasteiger partial charge in [-0.15, -0.1) is 18.1 Å². The third kappa shape index (κ3) is 695. The molecule has 0 radical (unpaired) electrons. The first-order valence-electron chi connectivity index (χ1n) is 2.49. The Morgan fingerprint density at radius 3 is 0.474 bits per heavy atom. The standard InChI is InChI=1S/3Al.K.2HO4Si.O4Si/c;;;;3*1-5(2,3)4/h;;;;2*1H;/q3*+3;+1;2*-3;-4. The predicted molar refractivity (Wildman–Crippen MR) is 39.0 cm³/mol. The van der Waals surface area contributed by atoms with Gasteiger partial charge < -0.3 is 66.6 Å². The summed E-state index contributed by atoms with van der Waals surface area (Å²) in [5, 5.41) is 0. The third-order valence-corrected chi connectivity index (χ3v) is 0. The Balaban J connectivity index is -0.0000000206. The first kappa shape index (κ1) is 43.3. The van der Waals surface area contributed by atoms with E-state index in [-0.39, 0.29) is 103 Å². The quantitative estimate of drug-likeness (QED) is 0.360. The summed E-state index contributed by atoms with van der Waals surface area (Å²) in [4.78, 5) is 100. The molecule has 0 aromatic rings. The molecule has 0 aliphatic rings. The molecule has 0 spiro atoms. The molecule has 19 heavy (non-hydrogen) atoms. The van der Waals surface area contributed by atoms with Gasteiger partial charge in [0.15, 0.2) is 0 Å². The second-order valence-corrected chi connectivity index (χ2v) is 4.64. The fourth-order valence-electron chi connectivity index (χ4n) is 0. The van der Waals surface area contributed by atoms with Gasteiger partial charge in [-0.25, -0.2) is 0 Å². The van der Waals surface area contributed by atoms with E-state index >= 15 is 0 Å². The van der Waals surface area contributed by atoms with Crippen molar-refractivity contribution in [2.45, 2.75) is 0 Å². The van der Waals surface area contributed by atoms with E-state index in [1.807, 2.05) is 0 Å². The molecule has 0 saturated heterocycles. The van der Waals surface area contributed by atoms with Gasteiger partial charge in [-0.2, -0.15) is 0 Å². The van der Waals surface area contributed by atoms with Crippen LogP contribution >= 0.6 is 0 Å². The van der Waals surface area contributed by atoms with Crippen molar-refractivity contribution < 1.29 is 109 Å². The first-order chi connectivity index (χ1) is 6.00. The van der Waals surface area contributed by atoms with Crippen molar-refractivity contribution in [1.82, 2.24) is 0 Å². The van der Waals surface area contributed by atoms with Crippen molar-refractivity contribution in [3.05, 3.63) is 0 Å². The Morgan fingerprint density at radius 1 is 0.474 bits per heavy atom. The number of rotatable bonds is 0. The number of hydrogen-bond donors (Lipinski definition) is 2. The summed E-state index contributed by atoms with van der Waals surface area (Å²) in [6, 6.07) is 0. The molecule has 0 unspecified atom stereocenters. The fourth-order valence-corrected chi connectivity index (χ4v) is 0. The smallest absolute Gasteiger partial charge is 0.894 e. The van der Waals surface area contributed by atoms with Gasteiger partial charge in [0.2, 0.25) is 0 Å². The second-order valence-electron chi connectivity index (χ2n) is 1.55. The van der Waals surface area contributed by atoms with Gasteiger partial charge in [0.1, 0.15) is 0 Å². The summed E-state index contributed by atoms with van der Waals surface area (Å²) >= 11 is 0. The molecule has 0 saturated carbocycles. The predicted octanol–water partition coefficient (Wildman–Crippen LogP) is -18.3. The maximum atomic E-state index is 8.69. The summed E-state index contributed by atoms with van der Waals surface area (Å²) in [5.41, 5.74) is 0. The maximum Gasteiger partial charge on any atom is 3.00 e. The Labute approximate surface area is 185 Å². The molecule has 0 aromatic carbocycles. The van der Waals surface area contributed by atoms with E-state index in [1.54, 1.807) is 0 Å². The summed E-state index contributed by atoms with van der Waals surface area (Å²) in [5.74, 6) is 0. The van der Waals surface area contributed by atoms with Gasteiger partial charge in [-0.3, -0.25) is 0 Å². The molecule has 0 atom stereocenters. The molecular weight excluding hydrogens is 396 g/mol. The van der Waals surface area contributed by atoms with Gasteiger partial charge in [0, 0.05) is 0 Å². The van der Waals surface area contributed by atoms with Crippen LogP contribution in [0.2, 0.25) is 0 Å². The van der Waals surface area contributed by atoms with Crippen LogP contribution in [0, 0.1) is 0 Å². The van der Waals surface area contributed by atoms with E-state index in [1.165, 1.54) is 0 Å². The van der Waals surface area contributed by atoms with Crippen LogP contribution in [0.25, 0.3) is 0 Å². The van der Waals surface area contributed by atoms with E-state index in [9.17, 15) is 0 Å². The van der Waals surface area contributed by atoms with Gasteiger partial charge >= 0.3 is 103 Å². The molecule has 12 nitrogen and oxygen atoms in total. The molecule has 0 heterocycles. The molecule has 0 aromatic heterocycles. The van der Waals surface area contributed by atoms with Crippen LogP contribution in [-0.2, 0) is 0 Å². The molecule has 2 N–H and O–H groups in total. The average molecular weight is 398 g/mol. The molecule has 0 aliphatic heterocycles. The number of hydrogen-bond acceptors (Lipinski definition) is 12. The Bertz CT molecular complexity index is 103. The zero-order chi connectivity index (χ0) is 13.5. The normalized spacial score (nSPS) is 9.47. The minimum atomic E-state index is -5.61. The summed E-state index contributed by atoms with van der Waals surface area (Å²) < 4.78 is 0. The third-order valence-electron chi connectivity index (χ3n) is 0. The van der Waals surface area contributed by atoms with E-state index in [2.05, 4.69) is 0 Å². The molecule has 0 fully saturated rings. The Hall–Kier alpha value is 3.40. The zero-order valence-electron chi connectivity index (χ0n) is 9.21. The minimum Gasteiger partial charge on any atom is -0.894 e. The maximum absolute atomic E-state index is 8.69.